The van der Waals surface area contributed by atoms with Crippen molar-refractivity contribution in [1.82, 2.24) is 5.32 Å². The van der Waals surface area contributed by atoms with Gasteiger partial charge in [-0.1, -0.05) is 42.5 Å². The van der Waals surface area contributed by atoms with E-state index in [9.17, 15) is 4.79 Å². The number of ether oxygens (including phenoxy) is 2. The number of nitrogens with one attached hydrogen (secondary N) is 2. The van der Waals surface area contributed by atoms with Crippen LogP contribution in [0, 0.1) is 0 Å². The molecule has 0 bridgehead atoms. The standard InChI is InChI=1S/C21H28N2O3/c1-17(11-12-18-7-4-3-5-8-18)22-21(24)23-20-10-6-9-19(15-20)16-26-14-13-25-2/h3-10,15,17H,11-14,16H2,1-2H3,(H2,22,23,24). The minimum atomic E-state index is -0.192. The molecule has 2 amide bonds. The molecule has 0 radical (unpaired) electrons. The fourth-order valence-corrected chi connectivity index (χ4v) is 2.56. The smallest absolute Gasteiger partial charge is 0.319 e. The van der Waals surface area contributed by atoms with E-state index in [4.69, 9.17) is 9.47 Å². The largest absolute Gasteiger partial charge is 0.382 e. The zero-order valence-corrected chi connectivity index (χ0v) is 15.5. The van der Waals surface area contributed by atoms with Crippen LogP contribution in [0.5, 0.6) is 0 Å². The Kier molecular flexibility index (Phi) is 8.66. The van der Waals surface area contributed by atoms with E-state index in [0.29, 0.717) is 19.8 Å². The maximum absolute atomic E-state index is 12.2. The molecule has 1 unspecified atom stereocenters. The van der Waals surface area contributed by atoms with Gasteiger partial charge in [-0.15, -0.1) is 0 Å². The van der Waals surface area contributed by atoms with E-state index in [2.05, 4.69) is 22.8 Å². The van der Waals surface area contributed by atoms with Crippen LogP contribution in [-0.4, -0.2) is 32.4 Å². The van der Waals surface area contributed by atoms with Gasteiger partial charge < -0.3 is 20.1 Å². The number of hydrogen-bond acceptors (Lipinski definition) is 3. The summed E-state index contributed by atoms with van der Waals surface area (Å²) in [5.41, 5.74) is 3.05. The molecule has 0 aliphatic heterocycles. The minimum Gasteiger partial charge on any atom is -0.382 e. The molecule has 2 aromatic carbocycles. The second kappa shape index (κ2) is 11.3. The van der Waals surface area contributed by atoms with Gasteiger partial charge in [-0.2, -0.15) is 0 Å². The third kappa shape index (κ3) is 7.68. The van der Waals surface area contributed by atoms with Gasteiger partial charge in [-0.05, 0) is 43.0 Å². The van der Waals surface area contributed by atoms with Gasteiger partial charge in [0.1, 0.15) is 0 Å². The summed E-state index contributed by atoms with van der Waals surface area (Å²) in [6.07, 6.45) is 1.83. The van der Waals surface area contributed by atoms with Crippen LogP contribution in [-0.2, 0) is 22.5 Å². The zero-order chi connectivity index (χ0) is 18.6. The van der Waals surface area contributed by atoms with E-state index < -0.39 is 0 Å². The lowest BCUT2D eigenvalue weighted by atomic mass is 10.1. The van der Waals surface area contributed by atoms with Crippen molar-refractivity contribution in [2.24, 2.45) is 0 Å². The molecule has 0 aliphatic rings. The summed E-state index contributed by atoms with van der Waals surface area (Å²) in [4.78, 5) is 12.2. The number of methoxy groups -OCH3 is 1. The fourth-order valence-electron chi connectivity index (χ4n) is 2.56. The van der Waals surface area contributed by atoms with Crippen LogP contribution < -0.4 is 10.6 Å². The number of hydrogen-bond donors (Lipinski definition) is 2. The highest BCUT2D eigenvalue weighted by molar-refractivity contribution is 5.89. The first kappa shape index (κ1) is 19.9. The maximum atomic E-state index is 12.2. The normalized spacial score (nSPS) is 11.8. The average Bonchev–Trinajstić information content (AvgIpc) is 2.65. The Morgan fingerprint density at radius 1 is 1.04 bits per heavy atom. The molecular weight excluding hydrogens is 328 g/mol. The highest BCUT2D eigenvalue weighted by atomic mass is 16.5. The van der Waals surface area contributed by atoms with Gasteiger partial charge in [-0.25, -0.2) is 4.79 Å². The lowest BCUT2D eigenvalue weighted by molar-refractivity contribution is 0.0617. The number of amides is 2. The molecule has 2 N–H and O–H groups in total. The highest BCUT2D eigenvalue weighted by Crippen LogP contribution is 2.12. The Hall–Kier alpha value is -2.37. The number of carbonyl (C=O) groups is 1. The van der Waals surface area contributed by atoms with Crippen molar-refractivity contribution in [1.29, 1.82) is 0 Å². The van der Waals surface area contributed by atoms with Crippen molar-refractivity contribution in [2.75, 3.05) is 25.6 Å². The Labute approximate surface area is 155 Å². The number of aryl methyl sites for hydroxylation is 1. The monoisotopic (exact) mass is 356 g/mol. The number of urea groups is 1. The van der Waals surface area contributed by atoms with E-state index in [1.807, 2.05) is 49.4 Å². The van der Waals surface area contributed by atoms with Gasteiger partial charge in [-0.3, -0.25) is 0 Å². The van der Waals surface area contributed by atoms with Crippen molar-refractivity contribution < 1.29 is 14.3 Å². The van der Waals surface area contributed by atoms with Gasteiger partial charge in [0.15, 0.2) is 0 Å². The Morgan fingerprint density at radius 2 is 1.81 bits per heavy atom. The molecule has 0 spiro atoms. The second-order valence-corrected chi connectivity index (χ2v) is 6.27. The fraction of sp³-hybridized carbons (Fsp3) is 0.381. The van der Waals surface area contributed by atoms with E-state index in [0.717, 1.165) is 24.1 Å². The molecule has 0 heterocycles. The predicted octanol–water partition coefficient (Wildman–Crippen LogP) is 3.99. The highest BCUT2D eigenvalue weighted by Gasteiger charge is 2.08. The molecule has 140 valence electrons. The van der Waals surface area contributed by atoms with Crippen molar-refractivity contribution in [3.05, 3.63) is 65.7 Å². The second-order valence-electron chi connectivity index (χ2n) is 6.27. The van der Waals surface area contributed by atoms with E-state index >= 15 is 0 Å². The lowest BCUT2D eigenvalue weighted by Gasteiger charge is -2.15. The van der Waals surface area contributed by atoms with Gasteiger partial charge >= 0.3 is 6.03 Å². The van der Waals surface area contributed by atoms with Crippen LogP contribution in [0.3, 0.4) is 0 Å². The number of rotatable bonds is 10. The minimum absolute atomic E-state index is 0.0933. The average molecular weight is 356 g/mol. The molecule has 5 nitrogen and oxygen atoms in total. The van der Waals surface area contributed by atoms with Gasteiger partial charge in [0.25, 0.3) is 0 Å². The summed E-state index contributed by atoms with van der Waals surface area (Å²) in [5.74, 6) is 0. The molecule has 0 aromatic heterocycles. The van der Waals surface area contributed by atoms with E-state index in [1.165, 1.54) is 5.56 Å². The van der Waals surface area contributed by atoms with E-state index in [1.54, 1.807) is 7.11 Å². The summed E-state index contributed by atoms with van der Waals surface area (Å²) in [5, 5.41) is 5.86. The molecule has 1 atom stereocenters. The van der Waals surface area contributed by atoms with Crippen molar-refractivity contribution in [3.8, 4) is 0 Å². The summed E-state index contributed by atoms with van der Waals surface area (Å²) < 4.78 is 10.5. The molecule has 5 heteroatoms. The molecule has 26 heavy (non-hydrogen) atoms. The molecule has 0 aliphatic carbocycles. The van der Waals surface area contributed by atoms with Crippen molar-refractivity contribution in [3.63, 3.8) is 0 Å². The third-order valence-electron chi connectivity index (χ3n) is 3.97. The summed E-state index contributed by atoms with van der Waals surface area (Å²) in [6.45, 7) is 3.63. The first-order valence-corrected chi connectivity index (χ1v) is 8.94. The van der Waals surface area contributed by atoms with Crippen LogP contribution in [0.4, 0.5) is 10.5 Å². The van der Waals surface area contributed by atoms with Gasteiger partial charge in [0.2, 0.25) is 0 Å². The van der Waals surface area contributed by atoms with Crippen LogP contribution in [0.15, 0.2) is 54.6 Å². The third-order valence-corrected chi connectivity index (χ3v) is 3.97. The number of benzene rings is 2. The van der Waals surface area contributed by atoms with Crippen LogP contribution in [0.2, 0.25) is 0 Å². The SMILES string of the molecule is COCCOCc1cccc(NC(=O)NC(C)CCc2ccccc2)c1. The molecule has 0 fully saturated rings. The van der Waals surface area contributed by atoms with Gasteiger partial charge in [0.05, 0.1) is 19.8 Å². The van der Waals surface area contributed by atoms with Crippen molar-refractivity contribution >= 4 is 11.7 Å². The van der Waals surface area contributed by atoms with Crippen LogP contribution in [0.1, 0.15) is 24.5 Å². The summed E-state index contributed by atoms with van der Waals surface area (Å²) in [7, 11) is 1.65. The Balaban J connectivity index is 1.74. The molecule has 0 saturated carbocycles. The maximum Gasteiger partial charge on any atom is 0.319 e. The number of anilines is 1. The first-order chi connectivity index (χ1) is 12.7. The van der Waals surface area contributed by atoms with E-state index in [-0.39, 0.29) is 12.1 Å². The van der Waals surface area contributed by atoms with Crippen LogP contribution in [0.25, 0.3) is 0 Å². The zero-order valence-electron chi connectivity index (χ0n) is 15.5. The molecular formula is C21H28N2O3. The molecule has 2 aromatic rings. The predicted molar refractivity (Wildman–Crippen MR) is 104 cm³/mol. The quantitative estimate of drug-likeness (QED) is 0.633. The summed E-state index contributed by atoms with van der Waals surface area (Å²) >= 11 is 0. The molecule has 2 rings (SSSR count). The van der Waals surface area contributed by atoms with Crippen molar-refractivity contribution in [2.45, 2.75) is 32.4 Å². The Morgan fingerprint density at radius 3 is 2.58 bits per heavy atom. The van der Waals surface area contributed by atoms with Gasteiger partial charge in [0, 0.05) is 18.8 Å². The number of carbonyl (C=O) groups excluding carboxylic acids is 1. The topological polar surface area (TPSA) is 59.6 Å². The first-order valence-electron chi connectivity index (χ1n) is 8.94. The Bertz CT molecular complexity index is 661. The summed E-state index contributed by atoms with van der Waals surface area (Å²) in [6, 6.07) is 17.8. The lowest BCUT2D eigenvalue weighted by Crippen LogP contribution is -2.36. The molecule has 0 saturated heterocycles. The van der Waals surface area contributed by atoms with Crippen LogP contribution >= 0.6 is 0 Å².